The van der Waals surface area contributed by atoms with E-state index in [1.54, 1.807) is 0 Å². The van der Waals surface area contributed by atoms with Crippen molar-refractivity contribution in [1.29, 1.82) is 0 Å². The van der Waals surface area contributed by atoms with Gasteiger partial charge in [0.25, 0.3) is 0 Å². The average molecular weight is 216 g/mol. The van der Waals surface area contributed by atoms with Crippen LogP contribution in [0, 0.1) is 0 Å². The Kier molecular flexibility index (Phi) is 23.3. The van der Waals surface area contributed by atoms with Gasteiger partial charge in [0, 0.05) is 0 Å². The van der Waals surface area contributed by atoms with E-state index >= 15 is 0 Å². The van der Waals surface area contributed by atoms with Crippen LogP contribution in [-0.4, -0.2) is 5.48 Å². The van der Waals surface area contributed by atoms with Crippen LogP contribution in [0.1, 0.15) is 0 Å². The molecule has 0 rings (SSSR count). The van der Waals surface area contributed by atoms with Crippen LogP contribution in [0.25, 0.3) is 0 Å². The Hall–Kier alpha value is 1.13. The maximum atomic E-state index is 8.55. The first-order chi connectivity index (χ1) is 2.00. The van der Waals surface area contributed by atoms with E-state index in [-0.39, 0.29) is 40.2 Å². The molecule has 0 heterocycles. The van der Waals surface area contributed by atoms with E-state index < -0.39 is 7.82 Å². The summed E-state index contributed by atoms with van der Waals surface area (Å²) in [6, 6.07) is 0. The molecule has 0 aromatic rings. The Bertz CT molecular complexity index is 56.6. The van der Waals surface area contributed by atoms with Crippen LogP contribution < -0.4 is 14.7 Å². The molecule has 0 fully saturated rings. The molecule has 0 aliphatic heterocycles. The predicted octanol–water partition coefficient (Wildman–Crippen LogP) is -3.01. The van der Waals surface area contributed by atoms with Gasteiger partial charge in [-0.1, -0.05) is 0 Å². The van der Waals surface area contributed by atoms with E-state index in [0.717, 1.165) is 0 Å². The SMILES string of the molecule is O=P([O-])([O-])[O-].[Cr+3].[Cr+3].[OH-]. The molecule has 0 saturated heterocycles. The van der Waals surface area contributed by atoms with Crippen LogP contribution in [0.5, 0.6) is 0 Å². The van der Waals surface area contributed by atoms with E-state index in [9.17, 15) is 0 Å². The molecule has 2 radical (unpaired) electrons. The van der Waals surface area contributed by atoms with Gasteiger partial charge in [0.2, 0.25) is 0 Å². The van der Waals surface area contributed by atoms with Gasteiger partial charge in [0.1, 0.15) is 0 Å². The monoisotopic (exact) mass is 216 g/mol. The first-order valence-electron chi connectivity index (χ1n) is 0.730. The van der Waals surface area contributed by atoms with Crippen LogP contribution in [0.4, 0.5) is 0 Å². The van der Waals surface area contributed by atoms with Gasteiger partial charge in [0.15, 0.2) is 0 Å². The summed E-state index contributed by atoms with van der Waals surface area (Å²) in [5.74, 6) is 0. The van der Waals surface area contributed by atoms with Crippen LogP contribution in [0.3, 0.4) is 0 Å². The van der Waals surface area contributed by atoms with Crippen LogP contribution in [-0.2, 0) is 39.3 Å². The van der Waals surface area contributed by atoms with Gasteiger partial charge in [0.05, 0.1) is 0 Å². The largest absolute Gasteiger partial charge is 3.00 e. The summed E-state index contributed by atoms with van der Waals surface area (Å²) in [6.07, 6.45) is 0. The van der Waals surface area contributed by atoms with E-state index in [2.05, 4.69) is 0 Å². The third-order valence-corrected chi connectivity index (χ3v) is 0. The van der Waals surface area contributed by atoms with Gasteiger partial charge in [-0.15, -0.1) is 0 Å². The molecule has 0 aliphatic carbocycles. The molecule has 0 atom stereocenters. The van der Waals surface area contributed by atoms with E-state index in [0.29, 0.717) is 0 Å². The van der Waals surface area contributed by atoms with Crippen molar-refractivity contribution in [1.82, 2.24) is 0 Å². The van der Waals surface area contributed by atoms with Crippen LogP contribution in [0.15, 0.2) is 0 Å². The third kappa shape index (κ3) is 208. The zero-order valence-electron chi connectivity index (χ0n) is 3.34. The summed E-state index contributed by atoms with van der Waals surface area (Å²) in [6.45, 7) is 0. The summed E-state index contributed by atoms with van der Waals surface area (Å²) >= 11 is 0. The van der Waals surface area contributed by atoms with E-state index in [1.807, 2.05) is 0 Å². The molecule has 46 valence electrons. The second-order valence-corrected chi connectivity index (χ2v) is 1.34. The van der Waals surface area contributed by atoms with E-state index in [4.69, 9.17) is 19.2 Å². The van der Waals surface area contributed by atoms with Gasteiger partial charge < -0.3 is 24.7 Å². The third-order valence-electron chi connectivity index (χ3n) is 0. The molecule has 0 aromatic heterocycles. The molecular formula is HCr2O5P+2. The van der Waals surface area contributed by atoms with Crippen molar-refractivity contribution in [2.24, 2.45) is 0 Å². The van der Waals surface area contributed by atoms with Gasteiger partial charge in [-0.2, -0.15) is 7.82 Å². The second-order valence-electron chi connectivity index (χ2n) is 0.447. The number of rotatable bonds is 0. The fourth-order valence-corrected chi connectivity index (χ4v) is 0. The number of hydrogen-bond acceptors (Lipinski definition) is 5. The summed E-state index contributed by atoms with van der Waals surface area (Å²) in [4.78, 5) is 25.6. The maximum Gasteiger partial charge on any atom is 3.00 e. The first-order valence-corrected chi connectivity index (χ1v) is 2.19. The Morgan fingerprint density at radius 2 is 1.00 bits per heavy atom. The minimum atomic E-state index is -5.39. The molecule has 1 N–H and O–H groups in total. The molecule has 0 saturated carbocycles. The predicted molar refractivity (Wildman–Crippen MR) is 9.54 cm³/mol. The van der Waals surface area contributed by atoms with Crippen molar-refractivity contribution in [3.05, 3.63) is 0 Å². The van der Waals surface area contributed by atoms with Gasteiger partial charge in [-0.25, -0.2) is 0 Å². The molecule has 0 unspecified atom stereocenters. The minimum absolute atomic E-state index is 0. The molecule has 0 aromatic carbocycles. The number of phosphoric acid groups is 1. The van der Waals surface area contributed by atoms with Crippen molar-refractivity contribution in [3.8, 4) is 0 Å². The van der Waals surface area contributed by atoms with Gasteiger partial charge in [-0.05, 0) is 0 Å². The zero-order chi connectivity index (χ0) is 4.50. The quantitative estimate of drug-likeness (QED) is 0.400. The fraction of sp³-hybridized carbons (Fsp3) is 0. The fourth-order valence-electron chi connectivity index (χ4n) is 0. The van der Waals surface area contributed by atoms with Crippen molar-refractivity contribution in [2.75, 3.05) is 0 Å². The standard InChI is InChI=1S/2Cr.H3O4P.H2O/c;;1-5(2,3)4;/h;;(H3,1,2,3,4);1H2/q2*+3;;/p-4. The average Bonchev–Trinajstić information content (AvgIpc) is 0.722. The summed E-state index contributed by atoms with van der Waals surface area (Å²) < 4.78 is 8.55. The second kappa shape index (κ2) is 8.13. The Balaban J connectivity index is -0.0000000267. The van der Waals surface area contributed by atoms with Crippen molar-refractivity contribution < 1.29 is 59.4 Å². The topological polar surface area (TPSA) is 116 Å². The molecule has 8 heavy (non-hydrogen) atoms. The zero-order valence-corrected chi connectivity index (χ0v) is 6.79. The summed E-state index contributed by atoms with van der Waals surface area (Å²) in [5, 5.41) is 0. The van der Waals surface area contributed by atoms with Crippen molar-refractivity contribution in [2.45, 2.75) is 0 Å². The molecule has 0 amide bonds. The smallest absolute Gasteiger partial charge is 0.870 e. The van der Waals surface area contributed by atoms with Crippen LogP contribution >= 0.6 is 7.82 Å². The van der Waals surface area contributed by atoms with Crippen LogP contribution in [0.2, 0.25) is 0 Å². The molecule has 0 aliphatic rings. The molecule has 0 spiro atoms. The summed E-state index contributed by atoms with van der Waals surface area (Å²) in [5.41, 5.74) is 0. The molecule has 0 bridgehead atoms. The van der Waals surface area contributed by atoms with Crippen molar-refractivity contribution in [3.63, 3.8) is 0 Å². The minimum Gasteiger partial charge on any atom is -0.870 e. The molecule has 8 heteroatoms. The normalized spacial score (nSPS) is 7.38. The number of hydrogen-bond donors (Lipinski definition) is 0. The Morgan fingerprint density at radius 1 is 1.00 bits per heavy atom. The molecule has 5 nitrogen and oxygen atoms in total. The Labute approximate surface area is 67.5 Å². The van der Waals surface area contributed by atoms with E-state index in [1.165, 1.54) is 0 Å². The maximum absolute atomic E-state index is 8.55. The Morgan fingerprint density at radius 3 is 1.00 bits per heavy atom. The summed E-state index contributed by atoms with van der Waals surface area (Å²) in [7, 11) is -5.39. The van der Waals surface area contributed by atoms with Crippen molar-refractivity contribution >= 4 is 7.82 Å². The van der Waals surface area contributed by atoms with Gasteiger partial charge in [-0.3, -0.25) is 0 Å². The first kappa shape index (κ1) is 22.9. The molecular weight excluding hydrogens is 215 g/mol. The van der Waals surface area contributed by atoms with Gasteiger partial charge >= 0.3 is 34.7 Å².